The largest absolute Gasteiger partial charge is 0.481 e. The van der Waals surface area contributed by atoms with Gasteiger partial charge < -0.3 is 15.2 Å². The first-order chi connectivity index (χ1) is 12.4. The second-order valence-corrected chi connectivity index (χ2v) is 5.87. The summed E-state index contributed by atoms with van der Waals surface area (Å²) in [7, 11) is 0. The molecule has 0 atom stereocenters. The van der Waals surface area contributed by atoms with Crippen molar-refractivity contribution in [2.75, 3.05) is 11.9 Å². The Morgan fingerprint density at radius 2 is 1.81 bits per heavy atom. The van der Waals surface area contributed by atoms with E-state index in [0.29, 0.717) is 21.3 Å². The maximum absolute atomic E-state index is 12.3. The quantitative estimate of drug-likeness (QED) is 0.573. The summed E-state index contributed by atoms with van der Waals surface area (Å²) >= 11 is 11.7. The van der Waals surface area contributed by atoms with E-state index in [0.717, 1.165) is 0 Å². The molecule has 2 N–H and O–H groups in total. The lowest BCUT2D eigenvalue weighted by molar-refractivity contribution is -0.139. The van der Waals surface area contributed by atoms with Gasteiger partial charge in [-0.3, -0.25) is 4.79 Å². The molecule has 0 aliphatic rings. The smallest absolute Gasteiger partial charge is 0.341 e. The Labute approximate surface area is 159 Å². The van der Waals surface area contributed by atoms with Crippen LogP contribution in [0.1, 0.15) is 5.56 Å². The van der Waals surface area contributed by atoms with Crippen molar-refractivity contribution in [3.63, 3.8) is 0 Å². The third-order valence-corrected chi connectivity index (χ3v) is 3.58. The molecule has 8 heteroatoms. The van der Waals surface area contributed by atoms with Crippen molar-refractivity contribution in [2.24, 2.45) is 0 Å². The number of hydrogen-bond donors (Lipinski definition) is 2. The molecule has 0 aromatic heterocycles. The minimum atomic E-state index is -1.16. The number of ether oxygens (including phenoxy) is 1. The normalized spacial score (nSPS) is 10.7. The van der Waals surface area contributed by atoms with Crippen molar-refractivity contribution in [3.05, 3.63) is 63.6 Å². The Balaban J connectivity index is 2.28. The first-order valence-corrected chi connectivity index (χ1v) is 7.97. The summed E-state index contributed by atoms with van der Waals surface area (Å²) in [5, 5.41) is 21.4. The van der Waals surface area contributed by atoms with Crippen LogP contribution in [0.4, 0.5) is 5.69 Å². The number of carboxylic acid groups (broad SMARTS) is 1. The molecule has 0 aliphatic carbocycles. The van der Waals surface area contributed by atoms with Gasteiger partial charge in [-0.15, -0.1) is 0 Å². The third kappa shape index (κ3) is 5.52. The molecule has 0 radical (unpaired) electrons. The molecule has 26 heavy (non-hydrogen) atoms. The lowest BCUT2D eigenvalue weighted by Gasteiger charge is -2.09. The van der Waals surface area contributed by atoms with Gasteiger partial charge in [0.15, 0.2) is 6.61 Å². The number of nitriles is 1. The fraction of sp³-hybridized carbons (Fsp3) is 0.0556. The molecule has 2 aromatic carbocycles. The lowest BCUT2D eigenvalue weighted by Crippen LogP contribution is -2.13. The first-order valence-electron chi connectivity index (χ1n) is 7.22. The number of hydrogen-bond acceptors (Lipinski definition) is 4. The van der Waals surface area contributed by atoms with E-state index in [1.807, 2.05) is 0 Å². The predicted octanol–water partition coefficient (Wildman–Crippen LogP) is 4.00. The molecule has 1 amide bonds. The fourth-order valence-electron chi connectivity index (χ4n) is 1.94. The molecular weight excluding hydrogens is 379 g/mol. The van der Waals surface area contributed by atoms with E-state index in [2.05, 4.69) is 5.32 Å². The second kappa shape index (κ2) is 8.90. The summed E-state index contributed by atoms with van der Waals surface area (Å²) in [6.07, 6.45) is 1.27. The van der Waals surface area contributed by atoms with Crippen molar-refractivity contribution in [1.29, 1.82) is 5.26 Å². The zero-order valence-corrected chi connectivity index (χ0v) is 14.7. The minimum Gasteiger partial charge on any atom is -0.481 e. The molecule has 0 unspecified atom stereocenters. The number of carbonyl (C=O) groups is 2. The second-order valence-electron chi connectivity index (χ2n) is 5.00. The highest BCUT2D eigenvalue weighted by atomic mass is 35.5. The zero-order valence-electron chi connectivity index (χ0n) is 13.2. The van der Waals surface area contributed by atoms with Gasteiger partial charge in [-0.25, -0.2) is 4.79 Å². The van der Waals surface area contributed by atoms with E-state index < -0.39 is 18.5 Å². The number of anilines is 1. The summed E-state index contributed by atoms with van der Waals surface area (Å²) < 4.78 is 5.15. The van der Waals surface area contributed by atoms with Gasteiger partial charge >= 0.3 is 5.97 Å². The van der Waals surface area contributed by atoms with E-state index in [4.69, 9.17) is 33.0 Å². The summed E-state index contributed by atoms with van der Waals surface area (Å²) in [6.45, 7) is -0.568. The highest BCUT2D eigenvalue weighted by Gasteiger charge is 2.12. The maximum atomic E-state index is 12.3. The molecule has 6 nitrogen and oxygen atoms in total. The van der Waals surface area contributed by atoms with Gasteiger partial charge in [-0.1, -0.05) is 23.2 Å². The Morgan fingerprint density at radius 1 is 1.15 bits per heavy atom. The maximum Gasteiger partial charge on any atom is 0.341 e. The number of nitrogens with zero attached hydrogens (tertiary/aromatic N) is 1. The molecule has 0 spiro atoms. The monoisotopic (exact) mass is 390 g/mol. The third-order valence-electron chi connectivity index (χ3n) is 3.09. The van der Waals surface area contributed by atoms with Crippen LogP contribution in [-0.2, 0) is 9.59 Å². The number of rotatable bonds is 6. The zero-order chi connectivity index (χ0) is 19.1. The molecule has 0 bridgehead atoms. The Kier molecular flexibility index (Phi) is 6.61. The van der Waals surface area contributed by atoms with Crippen LogP contribution in [0, 0.1) is 11.3 Å². The van der Waals surface area contributed by atoms with Gasteiger partial charge in [0.25, 0.3) is 5.91 Å². The minimum absolute atomic E-state index is 0.184. The molecule has 2 rings (SSSR count). The fourth-order valence-corrected chi connectivity index (χ4v) is 2.25. The van der Waals surface area contributed by atoms with Crippen molar-refractivity contribution >= 4 is 46.8 Å². The van der Waals surface area contributed by atoms with Crippen molar-refractivity contribution in [3.8, 4) is 11.8 Å². The highest BCUT2D eigenvalue weighted by Crippen LogP contribution is 2.26. The SMILES string of the molecule is N#C/C(=C\c1cc(Cl)ccc1OCC(=O)O)C(=O)Nc1ccc(Cl)cc1. The number of carboxylic acids is 1. The van der Waals surface area contributed by atoms with Gasteiger partial charge in [0.2, 0.25) is 0 Å². The van der Waals surface area contributed by atoms with Crippen molar-refractivity contribution < 1.29 is 19.4 Å². The average molecular weight is 391 g/mol. The topological polar surface area (TPSA) is 99.4 Å². The van der Waals surface area contributed by atoms with E-state index >= 15 is 0 Å². The first kappa shape index (κ1) is 19.3. The highest BCUT2D eigenvalue weighted by molar-refractivity contribution is 6.31. The van der Waals surface area contributed by atoms with Crippen LogP contribution in [0.3, 0.4) is 0 Å². The van der Waals surface area contributed by atoms with E-state index in [9.17, 15) is 14.9 Å². The average Bonchev–Trinajstić information content (AvgIpc) is 2.60. The number of carbonyl (C=O) groups excluding carboxylic acids is 1. The van der Waals surface area contributed by atoms with Crippen LogP contribution in [-0.4, -0.2) is 23.6 Å². The lowest BCUT2D eigenvalue weighted by atomic mass is 10.1. The van der Waals surface area contributed by atoms with Crippen molar-refractivity contribution in [1.82, 2.24) is 0 Å². The Hall–Kier alpha value is -3.01. The van der Waals surface area contributed by atoms with E-state index in [1.54, 1.807) is 30.3 Å². The van der Waals surface area contributed by atoms with Crippen molar-refractivity contribution in [2.45, 2.75) is 0 Å². The molecule has 0 aliphatic heterocycles. The summed E-state index contributed by atoms with van der Waals surface area (Å²) in [4.78, 5) is 23.0. The van der Waals surface area contributed by atoms with Crippen LogP contribution < -0.4 is 10.1 Å². The van der Waals surface area contributed by atoms with Crippen LogP contribution in [0.25, 0.3) is 6.08 Å². The summed E-state index contributed by atoms with van der Waals surface area (Å²) in [5.74, 6) is -1.61. The molecule has 0 fully saturated rings. The number of aliphatic carboxylic acids is 1. The standard InChI is InChI=1S/C18H12Cl2N2O4/c19-13-1-4-15(5-2-13)22-18(25)12(9-21)7-11-8-14(20)3-6-16(11)26-10-17(23)24/h1-8H,10H2,(H,22,25)(H,23,24)/b12-7+. The van der Waals surface area contributed by atoms with Gasteiger partial charge in [0.05, 0.1) is 0 Å². The summed E-state index contributed by atoms with van der Waals surface area (Å²) in [6, 6.07) is 12.6. The van der Waals surface area contributed by atoms with Gasteiger partial charge in [0.1, 0.15) is 17.4 Å². The molecule has 0 heterocycles. The molecule has 0 saturated heterocycles. The summed E-state index contributed by atoms with van der Waals surface area (Å²) in [5.41, 5.74) is 0.568. The molecular formula is C18H12Cl2N2O4. The number of benzene rings is 2. The Morgan fingerprint density at radius 3 is 2.42 bits per heavy atom. The number of halogens is 2. The van der Waals surface area contributed by atoms with Crippen LogP contribution in [0.2, 0.25) is 10.0 Å². The van der Waals surface area contributed by atoms with Gasteiger partial charge in [0, 0.05) is 21.3 Å². The Bertz CT molecular complexity index is 902. The molecule has 2 aromatic rings. The van der Waals surface area contributed by atoms with E-state index in [1.165, 1.54) is 24.3 Å². The van der Waals surface area contributed by atoms with Gasteiger partial charge in [-0.05, 0) is 48.5 Å². The predicted molar refractivity (Wildman–Crippen MR) is 98.3 cm³/mol. The number of amides is 1. The van der Waals surface area contributed by atoms with Crippen LogP contribution in [0.5, 0.6) is 5.75 Å². The molecule has 0 saturated carbocycles. The molecule has 132 valence electrons. The van der Waals surface area contributed by atoms with Crippen LogP contribution >= 0.6 is 23.2 Å². The number of nitrogens with one attached hydrogen (secondary N) is 1. The van der Waals surface area contributed by atoms with Gasteiger partial charge in [-0.2, -0.15) is 5.26 Å². The van der Waals surface area contributed by atoms with Crippen LogP contribution in [0.15, 0.2) is 48.0 Å². The van der Waals surface area contributed by atoms with E-state index in [-0.39, 0.29) is 11.3 Å².